The molecule has 0 bridgehead atoms. The molecule has 0 saturated heterocycles. The molecule has 0 saturated carbocycles. The molecule has 0 atom stereocenters. The van der Waals surface area contributed by atoms with Gasteiger partial charge in [0.05, 0.1) is 0 Å². The van der Waals surface area contributed by atoms with Gasteiger partial charge in [-0.15, -0.1) is 0 Å². The van der Waals surface area contributed by atoms with E-state index in [1.165, 1.54) is 24.0 Å². The molecule has 2 N–H and O–H groups in total. The van der Waals surface area contributed by atoms with Gasteiger partial charge in [-0.3, -0.25) is 0 Å². The van der Waals surface area contributed by atoms with Gasteiger partial charge in [0.1, 0.15) is 11.5 Å². The number of hydrogen-bond donors (Lipinski definition) is 2. The maximum atomic E-state index is 8.98. The van der Waals surface area contributed by atoms with Gasteiger partial charge in [-0.25, -0.2) is 0 Å². The second-order valence-electron chi connectivity index (χ2n) is 4.61. The monoisotopic (exact) mass is 258 g/mol. The zero-order valence-corrected chi connectivity index (χ0v) is 11.6. The molecule has 2 rings (SSSR count). The molecule has 0 fully saturated rings. The maximum Gasteiger partial charge on any atom is 0.115 e. The van der Waals surface area contributed by atoms with E-state index in [9.17, 15) is 0 Å². The predicted molar refractivity (Wildman–Crippen MR) is 79.6 cm³/mol. The molecule has 0 spiro atoms. The Morgan fingerprint density at radius 3 is 1.68 bits per heavy atom. The summed E-state index contributed by atoms with van der Waals surface area (Å²) in [6, 6.07) is 14.5. The van der Waals surface area contributed by atoms with Crippen molar-refractivity contribution >= 4 is 0 Å². The van der Waals surface area contributed by atoms with Crippen molar-refractivity contribution in [1.82, 2.24) is 0 Å². The van der Waals surface area contributed by atoms with E-state index in [1.54, 1.807) is 24.3 Å². The second kappa shape index (κ2) is 8.20. The van der Waals surface area contributed by atoms with Crippen molar-refractivity contribution in [2.24, 2.45) is 0 Å². The Labute approximate surface area is 115 Å². The highest BCUT2D eigenvalue weighted by atomic mass is 16.3. The number of phenolic OH excluding ortho intramolecular Hbond substituents is 2. The minimum Gasteiger partial charge on any atom is -0.508 e. The van der Waals surface area contributed by atoms with Crippen LogP contribution in [-0.4, -0.2) is 10.2 Å². The Hall–Kier alpha value is -1.96. The molecular formula is C17H22O2. The molecule has 0 unspecified atom stereocenters. The minimum absolute atomic E-state index is 0.329. The average molecular weight is 258 g/mol. The molecule has 0 radical (unpaired) electrons. The van der Waals surface area contributed by atoms with Crippen LogP contribution in [0.1, 0.15) is 30.9 Å². The minimum atomic E-state index is 0.329. The first kappa shape index (κ1) is 15.1. The normalized spacial score (nSPS) is 9.58. The molecule has 2 nitrogen and oxygen atoms in total. The Balaban J connectivity index is 0.000000200. The second-order valence-corrected chi connectivity index (χ2v) is 4.61. The summed E-state index contributed by atoms with van der Waals surface area (Å²) in [5.41, 5.74) is 2.48. The number of phenols is 2. The van der Waals surface area contributed by atoms with E-state index in [0.717, 1.165) is 6.42 Å². The summed E-state index contributed by atoms with van der Waals surface area (Å²) in [6.07, 6.45) is 3.57. The molecule has 2 aromatic carbocycles. The fourth-order valence-electron chi connectivity index (χ4n) is 1.59. The third kappa shape index (κ3) is 6.51. The topological polar surface area (TPSA) is 40.5 Å². The maximum absolute atomic E-state index is 8.98. The predicted octanol–water partition coefficient (Wildman–Crippen LogP) is 4.44. The van der Waals surface area contributed by atoms with E-state index in [1.807, 2.05) is 31.2 Å². The molecule has 2 heteroatoms. The van der Waals surface area contributed by atoms with Gasteiger partial charge in [-0.05, 0) is 49.6 Å². The van der Waals surface area contributed by atoms with Gasteiger partial charge < -0.3 is 10.2 Å². The van der Waals surface area contributed by atoms with Crippen molar-refractivity contribution in [3.05, 3.63) is 59.7 Å². The molecule has 0 aliphatic heterocycles. The fraction of sp³-hybridized carbons (Fsp3) is 0.294. The lowest BCUT2D eigenvalue weighted by atomic mass is 10.1. The summed E-state index contributed by atoms with van der Waals surface area (Å²) in [5.74, 6) is 0.681. The molecule has 0 heterocycles. The van der Waals surface area contributed by atoms with Gasteiger partial charge in [0, 0.05) is 0 Å². The molecule has 19 heavy (non-hydrogen) atoms. The van der Waals surface area contributed by atoms with Crippen LogP contribution < -0.4 is 0 Å². The van der Waals surface area contributed by atoms with Gasteiger partial charge in [-0.2, -0.15) is 0 Å². The molecule has 0 aliphatic carbocycles. The SMILES string of the molecule is CCCCc1ccc(O)cc1.Cc1ccc(O)cc1. The van der Waals surface area contributed by atoms with Crippen molar-refractivity contribution in [2.75, 3.05) is 0 Å². The first-order valence-corrected chi connectivity index (χ1v) is 6.65. The van der Waals surface area contributed by atoms with Crippen molar-refractivity contribution < 1.29 is 10.2 Å². The largest absolute Gasteiger partial charge is 0.508 e. The molecular weight excluding hydrogens is 236 g/mol. The Morgan fingerprint density at radius 2 is 1.26 bits per heavy atom. The van der Waals surface area contributed by atoms with Crippen LogP contribution in [0.3, 0.4) is 0 Å². The summed E-state index contributed by atoms with van der Waals surface area (Å²) >= 11 is 0. The Bertz CT molecular complexity index is 437. The van der Waals surface area contributed by atoms with Crippen LogP contribution in [0.25, 0.3) is 0 Å². The lowest BCUT2D eigenvalue weighted by Gasteiger charge is -1.98. The van der Waals surface area contributed by atoms with Crippen LogP contribution in [0, 0.1) is 6.92 Å². The zero-order valence-electron chi connectivity index (χ0n) is 11.6. The molecule has 0 amide bonds. The van der Waals surface area contributed by atoms with Crippen LogP contribution in [0.15, 0.2) is 48.5 Å². The highest BCUT2D eigenvalue weighted by Gasteiger charge is 1.91. The summed E-state index contributed by atoms with van der Waals surface area (Å²) < 4.78 is 0. The van der Waals surface area contributed by atoms with Crippen molar-refractivity contribution in [3.63, 3.8) is 0 Å². The number of hydrogen-bond acceptors (Lipinski definition) is 2. The number of unbranched alkanes of at least 4 members (excludes halogenated alkanes) is 1. The third-order valence-corrected chi connectivity index (χ3v) is 2.79. The first-order valence-electron chi connectivity index (χ1n) is 6.65. The first-order chi connectivity index (χ1) is 9.11. The molecule has 0 aromatic heterocycles. The van der Waals surface area contributed by atoms with E-state index in [-0.39, 0.29) is 0 Å². The van der Waals surface area contributed by atoms with Crippen LogP contribution >= 0.6 is 0 Å². The van der Waals surface area contributed by atoms with Crippen molar-refractivity contribution in [1.29, 1.82) is 0 Å². The van der Waals surface area contributed by atoms with Crippen molar-refractivity contribution in [3.8, 4) is 11.5 Å². The lowest BCUT2D eigenvalue weighted by molar-refractivity contribution is 0.474. The Kier molecular flexibility index (Phi) is 6.51. The fourth-order valence-corrected chi connectivity index (χ4v) is 1.59. The highest BCUT2D eigenvalue weighted by Crippen LogP contribution is 2.11. The lowest BCUT2D eigenvalue weighted by Crippen LogP contribution is -1.82. The molecule has 0 aliphatic rings. The summed E-state index contributed by atoms with van der Waals surface area (Å²) in [5, 5.41) is 17.7. The van der Waals surface area contributed by atoms with Gasteiger partial charge in [0.25, 0.3) is 0 Å². The van der Waals surface area contributed by atoms with E-state index in [2.05, 4.69) is 6.92 Å². The molecule has 2 aromatic rings. The van der Waals surface area contributed by atoms with Gasteiger partial charge >= 0.3 is 0 Å². The van der Waals surface area contributed by atoms with Crippen LogP contribution in [0.5, 0.6) is 11.5 Å². The van der Waals surface area contributed by atoms with Crippen LogP contribution in [0.4, 0.5) is 0 Å². The zero-order chi connectivity index (χ0) is 14.1. The third-order valence-electron chi connectivity index (χ3n) is 2.79. The number of aromatic hydroxyl groups is 2. The Morgan fingerprint density at radius 1 is 0.789 bits per heavy atom. The van der Waals surface area contributed by atoms with E-state index < -0.39 is 0 Å². The van der Waals surface area contributed by atoms with Gasteiger partial charge in [0.2, 0.25) is 0 Å². The molecule has 102 valence electrons. The van der Waals surface area contributed by atoms with Gasteiger partial charge in [-0.1, -0.05) is 43.2 Å². The van der Waals surface area contributed by atoms with E-state index in [4.69, 9.17) is 10.2 Å². The standard InChI is InChI=1S/C10H14O.C7H8O/c1-2-3-4-9-5-7-10(11)8-6-9;1-6-2-4-7(8)5-3-6/h5-8,11H,2-4H2,1H3;2-5,8H,1H3. The van der Waals surface area contributed by atoms with Gasteiger partial charge in [0.15, 0.2) is 0 Å². The quantitative estimate of drug-likeness (QED) is 0.854. The summed E-state index contributed by atoms with van der Waals surface area (Å²) in [7, 11) is 0. The van der Waals surface area contributed by atoms with E-state index >= 15 is 0 Å². The van der Waals surface area contributed by atoms with Crippen LogP contribution in [-0.2, 0) is 6.42 Å². The number of rotatable bonds is 3. The average Bonchev–Trinajstić information content (AvgIpc) is 2.42. The van der Waals surface area contributed by atoms with E-state index in [0.29, 0.717) is 11.5 Å². The number of benzene rings is 2. The van der Waals surface area contributed by atoms with Crippen LogP contribution in [0.2, 0.25) is 0 Å². The highest BCUT2D eigenvalue weighted by molar-refractivity contribution is 5.26. The van der Waals surface area contributed by atoms with Crippen molar-refractivity contribution in [2.45, 2.75) is 33.1 Å². The summed E-state index contributed by atoms with van der Waals surface area (Å²) in [6.45, 7) is 4.17. The smallest absolute Gasteiger partial charge is 0.115 e. The summed E-state index contributed by atoms with van der Waals surface area (Å²) in [4.78, 5) is 0. The number of aryl methyl sites for hydroxylation is 2.